The maximum atomic E-state index is 13.6. The van der Waals surface area contributed by atoms with E-state index in [-0.39, 0.29) is 29.6 Å². The van der Waals surface area contributed by atoms with Crippen LogP contribution in [0.2, 0.25) is 0 Å². The van der Waals surface area contributed by atoms with Crippen molar-refractivity contribution in [3.05, 3.63) is 0 Å². The normalized spacial score (nSPS) is 16.0. The van der Waals surface area contributed by atoms with Crippen LogP contribution >= 0.6 is 0 Å². The van der Waals surface area contributed by atoms with Gasteiger partial charge < -0.3 is 41.9 Å². The number of aliphatic carboxylic acids is 1. The van der Waals surface area contributed by atoms with E-state index in [1.165, 1.54) is 6.92 Å². The summed E-state index contributed by atoms with van der Waals surface area (Å²) in [5.41, 5.74) is 0. The van der Waals surface area contributed by atoms with Crippen LogP contribution in [0.3, 0.4) is 0 Å². The highest BCUT2D eigenvalue weighted by Crippen LogP contribution is 2.15. The Morgan fingerprint density at radius 2 is 0.960 bits per heavy atom. The summed E-state index contributed by atoms with van der Waals surface area (Å²) in [7, 11) is 0. The molecule has 50 heavy (non-hydrogen) atoms. The molecule has 0 radical (unpaired) electrons. The van der Waals surface area contributed by atoms with Gasteiger partial charge in [-0.25, -0.2) is 0 Å². The Labute approximate surface area is 299 Å². The van der Waals surface area contributed by atoms with Crippen molar-refractivity contribution in [2.75, 3.05) is 0 Å². The molecule has 0 aromatic heterocycles. The zero-order valence-corrected chi connectivity index (χ0v) is 32.2. The smallest absolute Gasteiger partial charge is 0.306 e. The van der Waals surface area contributed by atoms with E-state index in [0.29, 0.717) is 31.6 Å². The van der Waals surface area contributed by atoms with E-state index in [2.05, 4.69) is 40.4 Å². The molecule has 0 rings (SSSR count). The first-order valence-corrected chi connectivity index (χ1v) is 18.1. The number of rotatable bonds is 24. The second-order valence-electron chi connectivity index (χ2n) is 15.5. The van der Waals surface area contributed by atoms with Crippen LogP contribution in [0.5, 0.6) is 0 Å². The first kappa shape index (κ1) is 46.7. The van der Waals surface area contributed by atoms with E-state index in [1.54, 1.807) is 27.7 Å². The number of aliphatic hydroxyl groups is 2. The maximum Gasteiger partial charge on any atom is 0.306 e. The summed E-state index contributed by atoms with van der Waals surface area (Å²) in [5.74, 6) is -3.85. The Kier molecular flexibility index (Phi) is 21.7. The molecule has 0 aromatic carbocycles. The molecule has 14 heteroatoms. The Morgan fingerprint density at radius 1 is 0.520 bits per heavy atom. The van der Waals surface area contributed by atoms with Crippen LogP contribution in [0, 0.1) is 29.6 Å². The number of carboxylic acids is 1. The highest BCUT2D eigenvalue weighted by atomic mass is 16.4. The number of carbonyl (C=O) groups is 6. The van der Waals surface area contributed by atoms with E-state index < -0.39 is 84.9 Å². The van der Waals surface area contributed by atoms with Gasteiger partial charge in [0.2, 0.25) is 29.5 Å². The molecule has 5 amide bonds. The number of hydrogen-bond acceptors (Lipinski definition) is 8. The van der Waals surface area contributed by atoms with Crippen molar-refractivity contribution in [1.82, 2.24) is 26.6 Å². The molecule has 7 unspecified atom stereocenters. The molecule has 0 bridgehead atoms. The van der Waals surface area contributed by atoms with Crippen molar-refractivity contribution in [2.45, 2.75) is 164 Å². The second-order valence-corrected chi connectivity index (χ2v) is 15.5. The van der Waals surface area contributed by atoms with Gasteiger partial charge in [-0.05, 0) is 55.8 Å². The average Bonchev–Trinajstić information content (AvgIpc) is 2.96. The molecule has 0 heterocycles. The van der Waals surface area contributed by atoms with Crippen molar-refractivity contribution in [1.29, 1.82) is 0 Å². The summed E-state index contributed by atoms with van der Waals surface area (Å²) in [5, 5.41) is 44.0. The highest BCUT2D eigenvalue weighted by molar-refractivity contribution is 5.92. The number of carbonyl (C=O) groups excluding carboxylic acids is 5. The van der Waals surface area contributed by atoms with Gasteiger partial charge in [0, 0.05) is 6.42 Å². The lowest BCUT2D eigenvalue weighted by Gasteiger charge is -2.31. The Balaban J connectivity index is 5.58. The van der Waals surface area contributed by atoms with Gasteiger partial charge in [-0.3, -0.25) is 28.8 Å². The van der Waals surface area contributed by atoms with Gasteiger partial charge >= 0.3 is 5.97 Å². The molecule has 0 fully saturated rings. The molecule has 290 valence electrons. The number of amides is 5. The van der Waals surface area contributed by atoms with Crippen molar-refractivity contribution >= 4 is 35.5 Å². The summed E-state index contributed by atoms with van der Waals surface area (Å²) in [4.78, 5) is 76.3. The number of carboxylic acid groups (broad SMARTS) is 1. The quantitative estimate of drug-likeness (QED) is 0.0734. The van der Waals surface area contributed by atoms with Gasteiger partial charge in [0.05, 0.1) is 37.1 Å². The maximum absolute atomic E-state index is 13.6. The van der Waals surface area contributed by atoms with Crippen molar-refractivity contribution in [3.63, 3.8) is 0 Å². The van der Waals surface area contributed by atoms with E-state index in [0.717, 1.165) is 6.42 Å². The number of aliphatic hydroxyl groups excluding tert-OH is 2. The summed E-state index contributed by atoms with van der Waals surface area (Å²) in [6, 6.07) is -4.61. The lowest BCUT2D eigenvalue weighted by molar-refractivity contribution is -0.140. The zero-order valence-electron chi connectivity index (χ0n) is 32.2. The first-order chi connectivity index (χ1) is 23.0. The van der Waals surface area contributed by atoms with Crippen LogP contribution in [0.4, 0.5) is 0 Å². The Bertz CT molecular complexity index is 1100. The fourth-order valence-corrected chi connectivity index (χ4v) is 5.47. The van der Waals surface area contributed by atoms with E-state index in [9.17, 15) is 39.0 Å². The largest absolute Gasteiger partial charge is 0.481 e. The van der Waals surface area contributed by atoms with Gasteiger partial charge in [-0.1, -0.05) is 75.7 Å². The van der Waals surface area contributed by atoms with Gasteiger partial charge in [0.1, 0.15) is 18.1 Å². The number of nitrogens with one attached hydrogen (secondary N) is 5. The third-order valence-electron chi connectivity index (χ3n) is 8.28. The van der Waals surface area contributed by atoms with Gasteiger partial charge in [0.15, 0.2) is 0 Å². The first-order valence-electron chi connectivity index (χ1n) is 18.1. The summed E-state index contributed by atoms with van der Waals surface area (Å²) >= 11 is 0. The minimum atomic E-state index is -1.33. The van der Waals surface area contributed by atoms with E-state index in [1.807, 2.05) is 27.7 Å². The molecule has 0 spiro atoms. The minimum absolute atomic E-state index is 0.0150. The lowest BCUT2D eigenvalue weighted by atomic mass is 9.95. The standard InChI is InChI=1S/C36H67N5O9/c1-19(2)13-12-14-29(44)40-32(22(7)8)36(50)41-33(23(9)10)35(49)39-25(15-20(3)4)27(42)17-30(45)37-24(11)34(48)38-26(16-21(5)6)28(43)18-31(46)47/h19-28,32-33,42-43H,12-18H2,1-11H3,(H,37,45)(H,38,48)(H,39,49)(H,40,44)(H,41,50)(H,46,47). The zero-order chi connectivity index (χ0) is 38.9. The van der Waals surface area contributed by atoms with Gasteiger partial charge in [-0.2, -0.15) is 0 Å². The lowest BCUT2D eigenvalue weighted by Crippen LogP contribution is -2.59. The van der Waals surface area contributed by atoms with E-state index in [4.69, 9.17) is 5.11 Å². The third-order valence-corrected chi connectivity index (χ3v) is 8.28. The van der Waals surface area contributed by atoms with Crippen LogP contribution in [0.15, 0.2) is 0 Å². The Morgan fingerprint density at radius 3 is 1.40 bits per heavy atom. The average molecular weight is 714 g/mol. The summed E-state index contributed by atoms with van der Waals surface area (Å²) < 4.78 is 0. The molecule has 14 nitrogen and oxygen atoms in total. The summed E-state index contributed by atoms with van der Waals surface area (Å²) in [6.45, 7) is 20.2. The van der Waals surface area contributed by atoms with Crippen molar-refractivity contribution in [3.8, 4) is 0 Å². The van der Waals surface area contributed by atoms with Crippen LogP contribution < -0.4 is 26.6 Å². The molecular formula is C36H67N5O9. The van der Waals surface area contributed by atoms with Gasteiger partial charge in [0.25, 0.3) is 0 Å². The molecule has 8 N–H and O–H groups in total. The number of hydrogen-bond donors (Lipinski definition) is 8. The monoisotopic (exact) mass is 713 g/mol. The fraction of sp³-hybridized carbons (Fsp3) is 0.833. The van der Waals surface area contributed by atoms with Gasteiger partial charge in [-0.15, -0.1) is 0 Å². The highest BCUT2D eigenvalue weighted by Gasteiger charge is 2.34. The van der Waals surface area contributed by atoms with Crippen LogP contribution in [-0.4, -0.2) is 93.2 Å². The van der Waals surface area contributed by atoms with E-state index >= 15 is 0 Å². The molecular weight excluding hydrogens is 646 g/mol. The van der Waals surface area contributed by atoms with Crippen LogP contribution in [0.1, 0.15) is 121 Å². The molecule has 7 atom stereocenters. The Hall–Kier alpha value is -3.26. The predicted octanol–water partition coefficient (Wildman–Crippen LogP) is 2.25. The van der Waals surface area contributed by atoms with Crippen molar-refractivity contribution < 1.29 is 44.1 Å². The molecule has 0 aliphatic heterocycles. The predicted molar refractivity (Wildman–Crippen MR) is 191 cm³/mol. The molecule has 0 aromatic rings. The SMILES string of the molecule is CC(C)CCCC(=O)NC(C(=O)NC(C(=O)NC(CC(C)C)C(O)CC(=O)NC(C)C(=O)NC(CC(C)C)C(O)CC(=O)O)C(C)C)C(C)C. The fourth-order valence-electron chi connectivity index (χ4n) is 5.47. The minimum Gasteiger partial charge on any atom is -0.481 e. The van der Waals surface area contributed by atoms with Crippen molar-refractivity contribution in [2.24, 2.45) is 29.6 Å². The topological polar surface area (TPSA) is 223 Å². The van der Waals surface area contributed by atoms with Crippen LogP contribution in [-0.2, 0) is 28.8 Å². The molecule has 0 saturated heterocycles. The second kappa shape index (κ2) is 23.3. The van der Waals surface area contributed by atoms with Crippen LogP contribution in [0.25, 0.3) is 0 Å². The molecule has 0 aliphatic rings. The molecule has 0 aliphatic carbocycles. The summed E-state index contributed by atoms with van der Waals surface area (Å²) in [6.07, 6.45) is -1.13. The molecule has 0 saturated carbocycles. The third kappa shape index (κ3) is 19.2.